The second-order valence-corrected chi connectivity index (χ2v) is 4.76. The molecular weight excluding hydrogens is 204 g/mol. The molecule has 94 valence electrons. The Kier molecular flexibility index (Phi) is 6.42. The van der Waals surface area contributed by atoms with Gasteiger partial charge in [0.1, 0.15) is 0 Å². The zero-order valence-corrected chi connectivity index (χ0v) is 10.4. The van der Waals surface area contributed by atoms with Gasteiger partial charge in [0.15, 0.2) is 0 Å². The average molecular weight is 228 g/mol. The molecule has 4 heteroatoms. The molecule has 1 fully saturated rings. The van der Waals surface area contributed by atoms with Gasteiger partial charge >= 0.3 is 0 Å². The summed E-state index contributed by atoms with van der Waals surface area (Å²) in [6.45, 7) is 7.46. The number of rotatable bonds is 6. The smallest absolute Gasteiger partial charge is 0.221 e. The Morgan fingerprint density at radius 1 is 1.50 bits per heavy atom. The molecule has 0 aromatic rings. The standard InChI is InChI=1S/C12H24N2O2/c1-10(2)14-12(15)5-6-13-8-11-4-3-7-16-9-11/h10-11,13H,3-9H2,1-2H3,(H,14,15). The Morgan fingerprint density at radius 2 is 2.31 bits per heavy atom. The lowest BCUT2D eigenvalue weighted by Gasteiger charge is -2.22. The summed E-state index contributed by atoms with van der Waals surface area (Å²) in [4.78, 5) is 11.3. The molecule has 1 saturated heterocycles. The normalized spacial score (nSPS) is 21.1. The maximum Gasteiger partial charge on any atom is 0.221 e. The van der Waals surface area contributed by atoms with Crippen molar-refractivity contribution in [1.82, 2.24) is 10.6 Å². The summed E-state index contributed by atoms with van der Waals surface area (Å²) in [7, 11) is 0. The van der Waals surface area contributed by atoms with Gasteiger partial charge in [-0.25, -0.2) is 0 Å². The highest BCUT2D eigenvalue weighted by atomic mass is 16.5. The summed E-state index contributed by atoms with van der Waals surface area (Å²) in [5.74, 6) is 0.754. The maximum absolute atomic E-state index is 11.3. The monoisotopic (exact) mass is 228 g/mol. The quantitative estimate of drug-likeness (QED) is 0.665. The molecule has 1 atom stereocenters. The van der Waals surface area contributed by atoms with Crippen LogP contribution in [0.25, 0.3) is 0 Å². The van der Waals surface area contributed by atoms with Crippen molar-refractivity contribution >= 4 is 5.91 Å². The molecule has 1 aliphatic heterocycles. The first-order valence-corrected chi connectivity index (χ1v) is 6.26. The van der Waals surface area contributed by atoms with Crippen LogP contribution >= 0.6 is 0 Å². The first kappa shape index (κ1) is 13.5. The SMILES string of the molecule is CC(C)NC(=O)CCNCC1CCCOC1. The third-order valence-electron chi connectivity index (χ3n) is 2.67. The summed E-state index contributed by atoms with van der Waals surface area (Å²) >= 11 is 0. The van der Waals surface area contributed by atoms with Crippen LogP contribution in [0.1, 0.15) is 33.1 Å². The third-order valence-corrected chi connectivity index (χ3v) is 2.67. The van der Waals surface area contributed by atoms with Crippen molar-refractivity contribution in [3.8, 4) is 0 Å². The fourth-order valence-corrected chi connectivity index (χ4v) is 1.87. The highest BCUT2D eigenvalue weighted by molar-refractivity contribution is 5.76. The van der Waals surface area contributed by atoms with Crippen molar-refractivity contribution in [1.29, 1.82) is 0 Å². The van der Waals surface area contributed by atoms with Crippen LogP contribution in [0, 0.1) is 5.92 Å². The predicted octanol–water partition coefficient (Wildman–Crippen LogP) is 0.917. The molecule has 1 heterocycles. The number of nitrogens with one attached hydrogen (secondary N) is 2. The number of carbonyl (C=O) groups is 1. The highest BCUT2D eigenvalue weighted by Crippen LogP contribution is 2.11. The second-order valence-electron chi connectivity index (χ2n) is 4.76. The van der Waals surface area contributed by atoms with Crippen molar-refractivity contribution in [2.75, 3.05) is 26.3 Å². The lowest BCUT2D eigenvalue weighted by Crippen LogP contribution is -2.34. The van der Waals surface area contributed by atoms with E-state index >= 15 is 0 Å². The molecule has 0 saturated carbocycles. The van der Waals surface area contributed by atoms with Gasteiger partial charge in [0.2, 0.25) is 5.91 Å². The molecule has 1 aliphatic rings. The number of ether oxygens (including phenoxy) is 1. The third kappa shape index (κ3) is 6.08. The zero-order valence-electron chi connectivity index (χ0n) is 10.4. The lowest BCUT2D eigenvalue weighted by molar-refractivity contribution is -0.121. The molecule has 0 bridgehead atoms. The largest absolute Gasteiger partial charge is 0.381 e. The molecule has 0 aromatic heterocycles. The van der Waals surface area contributed by atoms with Crippen LogP contribution < -0.4 is 10.6 Å². The van der Waals surface area contributed by atoms with Gasteiger partial charge in [0.25, 0.3) is 0 Å². The van der Waals surface area contributed by atoms with Crippen LogP contribution in [0.3, 0.4) is 0 Å². The molecule has 16 heavy (non-hydrogen) atoms. The van der Waals surface area contributed by atoms with Gasteiger partial charge in [0, 0.05) is 32.2 Å². The summed E-state index contributed by atoms with van der Waals surface area (Å²) in [5.41, 5.74) is 0. The van der Waals surface area contributed by atoms with Crippen LogP contribution in [-0.4, -0.2) is 38.3 Å². The summed E-state index contributed by atoms with van der Waals surface area (Å²) in [5, 5.41) is 6.20. The van der Waals surface area contributed by atoms with Gasteiger partial charge in [-0.3, -0.25) is 4.79 Å². The van der Waals surface area contributed by atoms with Crippen molar-refractivity contribution in [3.05, 3.63) is 0 Å². The Hall–Kier alpha value is -0.610. The number of hydrogen-bond donors (Lipinski definition) is 2. The van der Waals surface area contributed by atoms with E-state index in [1.807, 2.05) is 13.8 Å². The fourth-order valence-electron chi connectivity index (χ4n) is 1.87. The first-order chi connectivity index (χ1) is 7.68. The Balaban J connectivity index is 1.96. The van der Waals surface area contributed by atoms with E-state index in [0.717, 1.165) is 26.3 Å². The van der Waals surface area contributed by atoms with Gasteiger partial charge in [-0.05, 0) is 32.6 Å². The molecule has 0 aromatic carbocycles. The number of carbonyl (C=O) groups excluding carboxylic acids is 1. The minimum atomic E-state index is 0.127. The van der Waals surface area contributed by atoms with Crippen LogP contribution in [-0.2, 0) is 9.53 Å². The summed E-state index contributed by atoms with van der Waals surface area (Å²) in [6.07, 6.45) is 2.97. The molecule has 2 N–H and O–H groups in total. The maximum atomic E-state index is 11.3. The predicted molar refractivity (Wildman–Crippen MR) is 64.3 cm³/mol. The minimum Gasteiger partial charge on any atom is -0.381 e. The van der Waals surface area contributed by atoms with Gasteiger partial charge in [-0.2, -0.15) is 0 Å². The van der Waals surface area contributed by atoms with E-state index in [1.165, 1.54) is 12.8 Å². The van der Waals surface area contributed by atoms with Crippen LogP contribution in [0.2, 0.25) is 0 Å². The number of hydrogen-bond acceptors (Lipinski definition) is 3. The van der Waals surface area contributed by atoms with Gasteiger partial charge in [-0.15, -0.1) is 0 Å². The van der Waals surface area contributed by atoms with E-state index in [9.17, 15) is 4.79 Å². The Bertz CT molecular complexity index is 201. The Morgan fingerprint density at radius 3 is 2.94 bits per heavy atom. The minimum absolute atomic E-state index is 0.127. The van der Waals surface area contributed by atoms with Crippen molar-refractivity contribution in [2.24, 2.45) is 5.92 Å². The molecule has 4 nitrogen and oxygen atoms in total. The van der Waals surface area contributed by atoms with E-state index in [2.05, 4.69) is 10.6 Å². The van der Waals surface area contributed by atoms with Crippen molar-refractivity contribution in [2.45, 2.75) is 39.2 Å². The molecule has 0 aliphatic carbocycles. The summed E-state index contributed by atoms with van der Waals surface area (Å²) in [6, 6.07) is 0.235. The zero-order chi connectivity index (χ0) is 11.8. The van der Waals surface area contributed by atoms with E-state index < -0.39 is 0 Å². The van der Waals surface area contributed by atoms with E-state index in [-0.39, 0.29) is 11.9 Å². The van der Waals surface area contributed by atoms with Crippen LogP contribution in [0.5, 0.6) is 0 Å². The van der Waals surface area contributed by atoms with Crippen LogP contribution in [0.4, 0.5) is 0 Å². The van der Waals surface area contributed by atoms with Gasteiger partial charge in [-0.1, -0.05) is 0 Å². The van der Waals surface area contributed by atoms with E-state index in [1.54, 1.807) is 0 Å². The fraction of sp³-hybridized carbons (Fsp3) is 0.917. The number of amides is 1. The average Bonchev–Trinajstić information content (AvgIpc) is 2.25. The second kappa shape index (κ2) is 7.63. The summed E-state index contributed by atoms with van der Waals surface area (Å²) < 4.78 is 5.39. The molecule has 0 radical (unpaired) electrons. The first-order valence-electron chi connectivity index (χ1n) is 6.26. The molecular formula is C12H24N2O2. The highest BCUT2D eigenvalue weighted by Gasteiger charge is 2.13. The van der Waals surface area contributed by atoms with E-state index in [0.29, 0.717) is 12.3 Å². The molecule has 1 unspecified atom stereocenters. The molecule has 1 amide bonds. The topological polar surface area (TPSA) is 50.4 Å². The van der Waals surface area contributed by atoms with Gasteiger partial charge < -0.3 is 15.4 Å². The van der Waals surface area contributed by atoms with Crippen molar-refractivity contribution < 1.29 is 9.53 Å². The molecule has 0 spiro atoms. The lowest BCUT2D eigenvalue weighted by atomic mass is 10.0. The Labute approximate surface area is 98.1 Å². The van der Waals surface area contributed by atoms with Crippen LogP contribution in [0.15, 0.2) is 0 Å². The van der Waals surface area contributed by atoms with Crippen molar-refractivity contribution in [3.63, 3.8) is 0 Å². The van der Waals surface area contributed by atoms with Gasteiger partial charge in [0.05, 0.1) is 6.61 Å². The van der Waals surface area contributed by atoms with E-state index in [4.69, 9.17) is 4.74 Å². The molecule has 1 rings (SSSR count).